The number of aliphatic hydroxyl groups excluding tert-OH is 4. The molecule has 6 N–H and O–H groups in total. The number of aliphatic carboxylic acids is 1. The summed E-state index contributed by atoms with van der Waals surface area (Å²) in [4.78, 5) is 22.0. The lowest BCUT2D eigenvalue weighted by molar-refractivity contribution is -0.141. The first-order chi connectivity index (χ1) is 8.34. The quantitative estimate of drug-likeness (QED) is 0.260. The zero-order valence-corrected chi connectivity index (χ0v) is 9.98. The second-order valence-corrected chi connectivity index (χ2v) is 3.83. The number of carbonyl (C=O) groups is 2. The van der Waals surface area contributed by atoms with Crippen LogP contribution < -0.4 is 5.32 Å². The monoisotopic (exact) mass is 265 g/mol. The molecule has 4 atom stereocenters. The average Bonchev–Trinajstić information content (AvgIpc) is 2.35. The van der Waals surface area contributed by atoms with Gasteiger partial charge in [-0.05, 0) is 6.42 Å². The molecule has 0 aromatic rings. The van der Waals surface area contributed by atoms with Crippen molar-refractivity contribution in [2.75, 3.05) is 13.2 Å². The van der Waals surface area contributed by atoms with E-state index < -0.39 is 49.3 Å². The summed E-state index contributed by atoms with van der Waals surface area (Å²) in [7, 11) is 0. The lowest BCUT2D eigenvalue weighted by atomic mass is 10.0. The maximum absolute atomic E-state index is 11.4. The molecule has 0 spiro atoms. The predicted molar refractivity (Wildman–Crippen MR) is 59.8 cm³/mol. The second-order valence-electron chi connectivity index (χ2n) is 3.83. The van der Waals surface area contributed by atoms with Gasteiger partial charge in [-0.2, -0.15) is 0 Å². The van der Waals surface area contributed by atoms with E-state index in [1.807, 2.05) is 0 Å². The number of hydrogen-bond acceptors (Lipinski definition) is 7. The molecule has 0 saturated carbocycles. The Kier molecular flexibility index (Phi) is 7.64. The van der Waals surface area contributed by atoms with Crippen LogP contribution in [0.25, 0.3) is 0 Å². The molecule has 1 unspecified atom stereocenters. The van der Waals surface area contributed by atoms with Gasteiger partial charge < -0.3 is 25.5 Å². The normalized spacial score (nSPS) is 17.8. The van der Waals surface area contributed by atoms with E-state index in [2.05, 4.69) is 5.32 Å². The fourth-order valence-corrected chi connectivity index (χ4v) is 1.24. The molecule has 8 nitrogen and oxygen atoms in total. The fourth-order valence-electron chi connectivity index (χ4n) is 1.24. The zero-order valence-electron chi connectivity index (χ0n) is 9.98. The van der Waals surface area contributed by atoms with Crippen molar-refractivity contribution < 1.29 is 35.1 Å². The largest absolute Gasteiger partial charge is 0.480 e. The van der Waals surface area contributed by atoms with Crippen LogP contribution in [0, 0.1) is 0 Å². The van der Waals surface area contributed by atoms with Gasteiger partial charge in [0.1, 0.15) is 24.4 Å². The Morgan fingerprint density at radius 3 is 2.17 bits per heavy atom. The Morgan fingerprint density at radius 1 is 1.22 bits per heavy atom. The van der Waals surface area contributed by atoms with E-state index in [1.165, 1.54) is 0 Å². The minimum absolute atomic E-state index is 0.251. The summed E-state index contributed by atoms with van der Waals surface area (Å²) in [5, 5.41) is 47.3. The molecule has 0 saturated heterocycles. The van der Waals surface area contributed by atoms with Crippen molar-refractivity contribution >= 4 is 11.8 Å². The Hall–Kier alpha value is -1.06. The van der Waals surface area contributed by atoms with Crippen LogP contribution >= 0.6 is 0 Å². The average molecular weight is 265 g/mol. The van der Waals surface area contributed by atoms with Crippen LogP contribution in [0.1, 0.15) is 13.3 Å². The molecular formula is C10H19NO7. The molecule has 0 fully saturated rings. The molecule has 0 amide bonds. The van der Waals surface area contributed by atoms with E-state index in [9.17, 15) is 19.8 Å². The number of carboxylic acid groups (broad SMARTS) is 1. The van der Waals surface area contributed by atoms with Gasteiger partial charge in [-0.1, -0.05) is 6.92 Å². The van der Waals surface area contributed by atoms with E-state index in [0.29, 0.717) is 0 Å². The molecular weight excluding hydrogens is 246 g/mol. The fraction of sp³-hybridized carbons (Fsp3) is 0.800. The highest BCUT2D eigenvalue weighted by molar-refractivity contribution is 5.86. The summed E-state index contributed by atoms with van der Waals surface area (Å²) in [6, 6.07) is -0.930. The third-order valence-corrected chi connectivity index (χ3v) is 2.46. The molecule has 0 bridgehead atoms. The molecule has 0 aliphatic heterocycles. The zero-order chi connectivity index (χ0) is 14.3. The van der Waals surface area contributed by atoms with E-state index in [1.54, 1.807) is 6.92 Å². The predicted octanol–water partition coefficient (Wildman–Crippen LogP) is -2.92. The van der Waals surface area contributed by atoms with Crippen LogP contribution in [-0.2, 0) is 9.59 Å². The van der Waals surface area contributed by atoms with Crippen molar-refractivity contribution in [1.82, 2.24) is 5.32 Å². The van der Waals surface area contributed by atoms with Crippen LogP contribution in [0.15, 0.2) is 0 Å². The van der Waals surface area contributed by atoms with Crippen LogP contribution in [0.3, 0.4) is 0 Å². The summed E-state index contributed by atoms with van der Waals surface area (Å²) in [5.74, 6) is -1.99. The highest BCUT2D eigenvalue weighted by Gasteiger charge is 2.30. The van der Waals surface area contributed by atoms with Crippen molar-refractivity contribution in [1.29, 1.82) is 0 Å². The van der Waals surface area contributed by atoms with Crippen LogP contribution in [-0.4, -0.2) is 74.8 Å². The maximum atomic E-state index is 11.4. The molecule has 0 aromatic carbocycles. The first-order valence-electron chi connectivity index (χ1n) is 5.49. The summed E-state index contributed by atoms with van der Waals surface area (Å²) in [6.07, 6.45) is -5.08. The van der Waals surface area contributed by atoms with E-state index in [0.717, 1.165) is 0 Å². The lowest BCUT2D eigenvalue weighted by Gasteiger charge is -2.21. The first kappa shape index (κ1) is 16.9. The van der Waals surface area contributed by atoms with Gasteiger partial charge in [-0.25, -0.2) is 0 Å². The highest BCUT2D eigenvalue weighted by atomic mass is 16.4. The number of hydrogen-bond donors (Lipinski definition) is 6. The molecule has 8 heteroatoms. The summed E-state index contributed by atoms with van der Waals surface area (Å²) < 4.78 is 0. The number of ketones is 1. The Morgan fingerprint density at radius 2 is 1.78 bits per heavy atom. The number of Topliss-reactive ketones (excluding diaryl/α,β-unsaturated/α-hetero) is 1. The highest BCUT2D eigenvalue weighted by Crippen LogP contribution is 2.01. The standard InChI is InChI=1S/C10H19NO7/c1-2-5(10(17)18)11-3-6(13)8(15)9(16)7(14)4-12/h5,7-9,11-12,14-16H,2-4H2,1H3,(H,17,18)/t5?,7-,8-,9-/m1/s1. The van der Waals surface area contributed by atoms with Gasteiger partial charge in [-0.15, -0.1) is 0 Å². The number of rotatable bonds is 9. The van der Waals surface area contributed by atoms with Gasteiger partial charge in [-0.3, -0.25) is 14.9 Å². The SMILES string of the molecule is CCC(NCC(=O)[C@@H](O)[C@H](O)[C@H](O)CO)C(=O)O. The van der Waals surface area contributed by atoms with Crippen molar-refractivity contribution in [3.05, 3.63) is 0 Å². The number of aliphatic hydroxyl groups is 4. The van der Waals surface area contributed by atoms with Crippen molar-refractivity contribution in [3.63, 3.8) is 0 Å². The van der Waals surface area contributed by atoms with Crippen LogP contribution in [0.4, 0.5) is 0 Å². The smallest absolute Gasteiger partial charge is 0.320 e. The summed E-state index contributed by atoms with van der Waals surface area (Å²) >= 11 is 0. The second kappa shape index (κ2) is 8.11. The molecule has 0 heterocycles. The molecule has 0 aliphatic rings. The maximum Gasteiger partial charge on any atom is 0.320 e. The van der Waals surface area contributed by atoms with Crippen molar-refractivity contribution in [3.8, 4) is 0 Å². The molecule has 106 valence electrons. The van der Waals surface area contributed by atoms with Crippen molar-refractivity contribution in [2.45, 2.75) is 37.7 Å². The molecule has 0 aromatic heterocycles. The van der Waals surface area contributed by atoms with Gasteiger partial charge >= 0.3 is 5.97 Å². The minimum atomic E-state index is -1.88. The Labute approximate surface area is 104 Å². The molecule has 18 heavy (non-hydrogen) atoms. The third kappa shape index (κ3) is 5.07. The van der Waals surface area contributed by atoms with E-state index in [-0.39, 0.29) is 6.42 Å². The summed E-state index contributed by atoms with van der Waals surface area (Å²) in [5.41, 5.74) is 0. The first-order valence-corrected chi connectivity index (χ1v) is 5.49. The topological polar surface area (TPSA) is 147 Å². The number of carboxylic acids is 1. The van der Waals surface area contributed by atoms with E-state index >= 15 is 0 Å². The van der Waals surface area contributed by atoms with Gasteiger partial charge in [0, 0.05) is 0 Å². The molecule has 0 aliphatic carbocycles. The number of nitrogens with one attached hydrogen (secondary N) is 1. The lowest BCUT2D eigenvalue weighted by Crippen LogP contribution is -2.48. The van der Waals surface area contributed by atoms with Gasteiger partial charge in [0.2, 0.25) is 0 Å². The van der Waals surface area contributed by atoms with Crippen LogP contribution in [0.5, 0.6) is 0 Å². The Bertz CT molecular complexity index is 283. The van der Waals surface area contributed by atoms with Crippen LogP contribution in [0.2, 0.25) is 0 Å². The third-order valence-electron chi connectivity index (χ3n) is 2.46. The summed E-state index contributed by atoms with van der Waals surface area (Å²) in [6.45, 7) is 0.351. The minimum Gasteiger partial charge on any atom is -0.480 e. The number of carbonyl (C=O) groups excluding carboxylic acids is 1. The molecule has 0 rings (SSSR count). The van der Waals surface area contributed by atoms with Gasteiger partial charge in [0.05, 0.1) is 13.2 Å². The Balaban J connectivity index is 4.28. The van der Waals surface area contributed by atoms with Crippen molar-refractivity contribution in [2.24, 2.45) is 0 Å². The van der Waals surface area contributed by atoms with E-state index in [4.69, 9.17) is 15.3 Å². The van der Waals surface area contributed by atoms with Gasteiger partial charge in [0.25, 0.3) is 0 Å². The van der Waals surface area contributed by atoms with Gasteiger partial charge in [0.15, 0.2) is 5.78 Å². The molecule has 0 radical (unpaired) electrons.